The van der Waals surface area contributed by atoms with Crippen LogP contribution in [0.3, 0.4) is 0 Å². The smallest absolute Gasteiger partial charge is 0.0749 e. The predicted molar refractivity (Wildman–Crippen MR) is 58.1 cm³/mol. The number of hydrogen-bond acceptors (Lipinski definition) is 2. The highest BCUT2D eigenvalue weighted by Gasteiger charge is 2.22. The molecule has 2 nitrogen and oxygen atoms in total. The average Bonchev–Trinajstić information content (AvgIpc) is 2.59. The first-order valence-electron chi connectivity index (χ1n) is 4.68. The molecule has 0 saturated carbocycles. The zero-order valence-electron chi connectivity index (χ0n) is 7.70. The number of allylic oxidation sites excluding steroid dienone is 1. The van der Waals surface area contributed by atoms with Crippen molar-refractivity contribution in [2.24, 2.45) is 10.7 Å². The minimum absolute atomic E-state index is 0.701. The van der Waals surface area contributed by atoms with Crippen LogP contribution in [0.4, 0.5) is 0 Å². The van der Waals surface area contributed by atoms with Crippen molar-refractivity contribution in [1.29, 1.82) is 0 Å². The Bertz CT molecular complexity index is 493. The molecule has 0 spiro atoms. The topological polar surface area (TPSA) is 38.4 Å². The van der Waals surface area contributed by atoms with Gasteiger partial charge in [0.15, 0.2) is 0 Å². The molecule has 0 aromatic heterocycles. The molecule has 0 saturated heterocycles. The number of benzene rings is 1. The van der Waals surface area contributed by atoms with Gasteiger partial charge in [0.25, 0.3) is 0 Å². The van der Waals surface area contributed by atoms with Crippen LogP contribution in [0.15, 0.2) is 46.6 Å². The van der Waals surface area contributed by atoms with E-state index in [-0.39, 0.29) is 0 Å². The second kappa shape index (κ2) is 2.58. The molecule has 0 amide bonds. The maximum absolute atomic E-state index is 5.91. The Labute approximate surface area is 82.5 Å². The molecule has 1 heterocycles. The summed E-state index contributed by atoms with van der Waals surface area (Å²) in [6.07, 6.45) is 4.07. The lowest BCUT2D eigenvalue weighted by Gasteiger charge is -2.10. The third-order valence-electron chi connectivity index (χ3n) is 2.64. The highest BCUT2D eigenvalue weighted by Crippen LogP contribution is 2.29. The number of aliphatic imine (C=N–C) groups is 1. The second-order valence-electron chi connectivity index (χ2n) is 3.49. The number of rotatable bonds is 0. The van der Waals surface area contributed by atoms with Gasteiger partial charge in [-0.2, -0.15) is 0 Å². The third-order valence-corrected chi connectivity index (χ3v) is 2.64. The molecule has 1 aliphatic heterocycles. The molecule has 1 aliphatic carbocycles. The Balaban J connectivity index is 2.24. The molecule has 0 bridgehead atoms. The van der Waals surface area contributed by atoms with Crippen LogP contribution in [-0.2, 0) is 0 Å². The summed E-state index contributed by atoms with van der Waals surface area (Å²) in [5.74, 6) is 0. The molecule has 0 atom stereocenters. The minimum atomic E-state index is 0.701. The molecule has 68 valence electrons. The van der Waals surface area contributed by atoms with Crippen LogP contribution in [-0.4, -0.2) is 12.3 Å². The average molecular weight is 182 g/mol. The Kier molecular flexibility index (Phi) is 1.39. The van der Waals surface area contributed by atoms with Crippen molar-refractivity contribution in [1.82, 2.24) is 0 Å². The van der Waals surface area contributed by atoms with Gasteiger partial charge in [0.05, 0.1) is 12.3 Å². The predicted octanol–water partition coefficient (Wildman–Crippen LogP) is 1.73. The van der Waals surface area contributed by atoms with Gasteiger partial charge in [-0.25, -0.2) is 0 Å². The quantitative estimate of drug-likeness (QED) is 0.652. The van der Waals surface area contributed by atoms with E-state index < -0.39 is 0 Å². The fourth-order valence-electron chi connectivity index (χ4n) is 1.94. The number of fused-ring (bicyclic) bond motifs is 3. The lowest BCUT2D eigenvalue weighted by molar-refractivity contribution is 1.17. The summed E-state index contributed by atoms with van der Waals surface area (Å²) < 4.78 is 0. The molecular formula is C12H10N2. The molecule has 2 aliphatic rings. The summed E-state index contributed by atoms with van der Waals surface area (Å²) in [5.41, 5.74) is 11.3. The third kappa shape index (κ3) is 0.880. The lowest BCUT2D eigenvalue weighted by atomic mass is 10.0. The number of hydrogen-bond donors (Lipinski definition) is 1. The van der Waals surface area contributed by atoms with E-state index in [0.717, 1.165) is 17.0 Å². The van der Waals surface area contributed by atoms with E-state index in [1.165, 1.54) is 11.1 Å². The summed E-state index contributed by atoms with van der Waals surface area (Å²) in [6.45, 7) is 0.701. The van der Waals surface area contributed by atoms with Gasteiger partial charge in [-0.15, -0.1) is 0 Å². The summed E-state index contributed by atoms with van der Waals surface area (Å²) in [7, 11) is 0. The van der Waals surface area contributed by atoms with E-state index in [1.807, 2.05) is 18.2 Å². The van der Waals surface area contributed by atoms with Crippen molar-refractivity contribution < 1.29 is 0 Å². The molecule has 0 radical (unpaired) electrons. The van der Waals surface area contributed by atoms with Gasteiger partial charge in [-0.3, -0.25) is 4.99 Å². The first kappa shape index (κ1) is 7.56. The minimum Gasteiger partial charge on any atom is -0.398 e. The number of dihydropyridines is 1. The summed E-state index contributed by atoms with van der Waals surface area (Å²) in [5, 5.41) is 0. The fourth-order valence-corrected chi connectivity index (χ4v) is 1.94. The fraction of sp³-hybridized carbons (Fsp3) is 0.0833. The van der Waals surface area contributed by atoms with Crippen molar-refractivity contribution in [3.63, 3.8) is 0 Å². The zero-order chi connectivity index (χ0) is 9.54. The van der Waals surface area contributed by atoms with Gasteiger partial charge in [-0.1, -0.05) is 24.3 Å². The van der Waals surface area contributed by atoms with Crippen molar-refractivity contribution >= 4 is 11.8 Å². The van der Waals surface area contributed by atoms with Crippen molar-refractivity contribution in [3.8, 4) is 0 Å². The Hall–Kier alpha value is -1.83. The highest BCUT2D eigenvalue weighted by atomic mass is 14.8. The van der Waals surface area contributed by atoms with Gasteiger partial charge in [-0.05, 0) is 17.7 Å². The van der Waals surface area contributed by atoms with Gasteiger partial charge in [0.1, 0.15) is 0 Å². The molecule has 0 fully saturated rings. The maximum atomic E-state index is 5.91. The van der Waals surface area contributed by atoms with E-state index in [0.29, 0.717) is 6.54 Å². The zero-order valence-corrected chi connectivity index (χ0v) is 7.70. The number of nitrogens with two attached hydrogens (primary N) is 1. The van der Waals surface area contributed by atoms with Gasteiger partial charge in [0.2, 0.25) is 0 Å². The van der Waals surface area contributed by atoms with Gasteiger partial charge >= 0.3 is 0 Å². The molecule has 1 aromatic rings. The largest absolute Gasteiger partial charge is 0.398 e. The highest BCUT2D eigenvalue weighted by molar-refractivity contribution is 6.23. The van der Waals surface area contributed by atoms with E-state index in [1.54, 1.807) is 0 Å². The van der Waals surface area contributed by atoms with Crippen LogP contribution in [0.2, 0.25) is 0 Å². The molecule has 2 N–H and O–H groups in total. The standard InChI is InChI=1S/C12H10N2/c13-11-5-6-14-12-9-4-2-1-3-8(9)7-10(11)12/h1-5,7H,6,13H2. The van der Waals surface area contributed by atoms with Crippen LogP contribution < -0.4 is 5.73 Å². The van der Waals surface area contributed by atoms with Gasteiger partial charge in [0, 0.05) is 16.8 Å². The van der Waals surface area contributed by atoms with E-state index in [4.69, 9.17) is 5.73 Å². The summed E-state index contributed by atoms with van der Waals surface area (Å²) >= 11 is 0. The molecule has 2 heteroatoms. The summed E-state index contributed by atoms with van der Waals surface area (Å²) in [6, 6.07) is 8.26. The first-order chi connectivity index (χ1) is 6.86. The molecule has 3 rings (SSSR count). The van der Waals surface area contributed by atoms with Crippen molar-refractivity contribution in [2.45, 2.75) is 0 Å². The first-order valence-corrected chi connectivity index (χ1v) is 4.68. The van der Waals surface area contributed by atoms with E-state index in [9.17, 15) is 0 Å². The number of nitrogens with zero attached hydrogens (tertiary/aromatic N) is 1. The van der Waals surface area contributed by atoms with Crippen LogP contribution in [0.25, 0.3) is 6.08 Å². The van der Waals surface area contributed by atoms with Crippen LogP contribution in [0.5, 0.6) is 0 Å². The molecule has 14 heavy (non-hydrogen) atoms. The Morgan fingerprint density at radius 2 is 2.07 bits per heavy atom. The lowest BCUT2D eigenvalue weighted by Crippen LogP contribution is -2.13. The van der Waals surface area contributed by atoms with Crippen LogP contribution >= 0.6 is 0 Å². The van der Waals surface area contributed by atoms with E-state index in [2.05, 4.69) is 23.2 Å². The molecule has 1 aromatic carbocycles. The van der Waals surface area contributed by atoms with Crippen LogP contribution in [0.1, 0.15) is 11.1 Å². The maximum Gasteiger partial charge on any atom is 0.0749 e. The van der Waals surface area contributed by atoms with Gasteiger partial charge < -0.3 is 5.73 Å². The molecular weight excluding hydrogens is 172 g/mol. The van der Waals surface area contributed by atoms with Crippen molar-refractivity contribution in [3.05, 3.63) is 52.7 Å². The Morgan fingerprint density at radius 1 is 1.21 bits per heavy atom. The SMILES string of the molecule is NC1=CCN=C2C1=Cc1ccccc12. The summed E-state index contributed by atoms with van der Waals surface area (Å²) in [4.78, 5) is 4.48. The molecule has 0 unspecified atom stereocenters. The van der Waals surface area contributed by atoms with Crippen molar-refractivity contribution in [2.75, 3.05) is 6.54 Å². The Morgan fingerprint density at radius 3 is 3.00 bits per heavy atom. The van der Waals surface area contributed by atoms with Crippen LogP contribution in [0, 0.1) is 0 Å². The van der Waals surface area contributed by atoms with E-state index >= 15 is 0 Å². The normalized spacial score (nSPS) is 17.9. The monoisotopic (exact) mass is 182 g/mol. The second-order valence-corrected chi connectivity index (χ2v) is 3.49.